The molecule has 1 aliphatic rings. The first-order chi connectivity index (χ1) is 8.08. The Morgan fingerprint density at radius 3 is 2.76 bits per heavy atom. The molecule has 0 saturated carbocycles. The molecule has 17 heavy (non-hydrogen) atoms. The molecule has 0 amide bonds. The maximum atomic E-state index is 6.48. The van der Waals surface area contributed by atoms with Crippen molar-refractivity contribution < 1.29 is 4.74 Å². The molecule has 1 heterocycles. The lowest BCUT2D eigenvalue weighted by molar-refractivity contribution is 0.0570. The summed E-state index contributed by atoms with van der Waals surface area (Å²) in [6.45, 7) is 3.91. The van der Waals surface area contributed by atoms with Crippen LogP contribution in [-0.4, -0.2) is 13.2 Å². The molecule has 2 nitrogen and oxygen atoms in total. The summed E-state index contributed by atoms with van der Waals surface area (Å²) in [6, 6.07) is 8.33. The Morgan fingerprint density at radius 1 is 1.41 bits per heavy atom. The van der Waals surface area contributed by atoms with Crippen molar-refractivity contribution in [2.75, 3.05) is 13.2 Å². The molecule has 1 aromatic carbocycles. The maximum Gasteiger partial charge on any atom is 0.0468 e. The normalized spacial score (nSPS) is 21.1. The zero-order valence-corrected chi connectivity index (χ0v) is 11.9. The number of halogens is 1. The third kappa shape index (κ3) is 3.54. The van der Waals surface area contributed by atoms with Crippen LogP contribution in [0.4, 0.5) is 0 Å². The van der Waals surface area contributed by atoms with E-state index in [1.807, 2.05) is 6.07 Å². The molecule has 1 saturated heterocycles. The van der Waals surface area contributed by atoms with E-state index in [4.69, 9.17) is 10.5 Å². The Morgan fingerprint density at radius 2 is 2.12 bits per heavy atom. The Labute approximate surface area is 112 Å². The van der Waals surface area contributed by atoms with Gasteiger partial charge in [-0.05, 0) is 49.8 Å². The van der Waals surface area contributed by atoms with Gasteiger partial charge >= 0.3 is 0 Å². The Balaban J connectivity index is 2.06. The molecule has 0 aliphatic carbocycles. The fourth-order valence-corrected chi connectivity index (χ4v) is 2.91. The standard InChI is InChI=1S/C14H20BrNO/c1-14(16,10-11-5-7-17-8-6-11)12-3-2-4-13(15)9-12/h2-4,9,11H,5-8,10,16H2,1H3. The highest BCUT2D eigenvalue weighted by atomic mass is 79.9. The summed E-state index contributed by atoms with van der Waals surface area (Å²) in [5.41, 5.74) is 7.44. The van der Waals surface area contributed by atoms with Crippen molar-refractivity contribution >= 4 is 15.9 Å². The van der Waals surface area contributed by atoms with E-state index in [0.717, 1.165) is 36.9 Å². The minimum atomic E-state index is -0.244. The second-order valence-electron chi connectivity index (χ2n) is 5.19. The lowest BCUT2D eigenvalue weighted by Crippen LogP contribution is -2.36. The van der Waals surface area contributed by atoms with Gasteiger partial charge in [0.1, 0.15) is 0 Å². The van der Waals surface area contributed by atoms with Crippen LogP contribution in [0.3, 0.4) is 0 Å². The second-order valence-corrected chi connectivity index (χ2v) is 6.10. The number of rotatable bonds is 3. The first-order valence-electron chi connectivity index (χ1n) is 6.20. The predicted molar refractivity (Wildman–Crippen MR) is 73.8 cm³/mol. The van der Waals surface area contributed by atoms with E-state index < -0.39 is 0 Å². The third-order valence-corrected chi connectivity index (χ3v) is 4.03. The Bertz CT molecular complexity index is 372. The van der Waals surface area contributed by atoms with Crippen LogP contribution in [0, 0.1) is 5.92 Å². The van der Waals surface area contributed by atoms with Gasteiger partial charge in [0.05, 0.1) is 0 Å². The van der Waals surface area contributed by atoms with Crippen LogP contribution in [0.2, 0.25) is 0 Å². The van der Waals surface area contributed by atoms with Crippen molar-refractivity contribution in [2.45, 2.75) is 31.7 Å². The van der Waals surface area contributed by atoms with E-state index in [0.29, 0.717) is 5.92 Å². The molecule has 2 rings (SSSR count). The largest absolute Gasteiger partial charge is 0.381 e. The van der Waals surface area contributed by atoms with Crippen LogP contribution >= 0.6 is 15.9 Å². The molecule has 0 radical (unpaired) electrons. The molecular weight excluding hydrogens is 278 g/mol. The van der Waals surface area contributed by atoms with Gasteiger partial charge < -0.3 is 10.5 Å². The van der Waals surface area contributed by atoms with Crippen molar-refractivity contribution in [1.82, 2.24) is 0 Å². The van der Waals surface area contributed by atoms with Crippen LogP contribution in [0.25, 0.3) is 0 Å². The van der Waals surface area contributed by atoms with Crippen LogP contribution in [-0.2, 0) is 10.3 Å². The van der Waals surface area contributed by atoms with Crippen molar-refractivity contribution in [3.8, 4) is 0 Å². The van der Waals surface area contributed by atoms with Gasteiger partial charge in [0.25, 0.3) is 0 Å². The molecule has 1 atom stereocenters. The van der Waals surface area contributed by atoms with Crippen LogP contribution in [0.15, 0.2) is 28.7 Å². The van der Waals surface area contributed by atoms with Gasteiger partial charge in [-0.1, -0.05) is 28.1 Å². The van der Waals surface area contributed by atoms with E-state index in [-0.39, 0.29) is 5.54 Å². The van der Waals surface area contributed by atoms with Crippen LogP contribution in [0.1, 0.15) is 31.7 Å². The summed E-state index contributed by atoms with van der Waals surface area (Å²) < 4.78 is 6.49. The molecule has 1 aliphatic heterocycles. The second kappa shape index (κ2) is 5.51. The average molecular weight is 298 g/mol. The zero-order valence-electron chi connectivity index (χ0n) is 10.3. The van der Waals surface area contributed by atoms with Gasteiger partial charge in [0, 0.05) is 23.2 Å². The number of benzene rings is 1. The maximum absolute atomic E-state index is 6.48. The number of hydrogen-bond acceptors (Lipinski definition) is 2. The smallest absolute Gasteiger partial charge is 0.0468 e. The van der Waals surface area contributed by atoms with Gasteiger partial charge in [0.15, 0.2) is 0 Å². The molecule has 0 aromatic heterocycles. The quantitative estimate of drug-likeness (QED) is 0.927. The van der Waals surface area contributed by atoms with Gasteiger partial charge in [-0.2, -0.15) is 0 Å². The van der Waals surface area contributed by atoms with Crippen molar-refractivity contribution in [2.24, 2.45) is 11.7 Å². The SMILES string of the molecule is CC(N)(CC1CCOCC1)c1cccc(Br)c1. The molecule has 0 spiro atoms. The zero-order chi connectivity index (χ0) is 12.3. The van der Waals surface area contributed by atoms with E-state index in [1.165, 1.54) is 5.56 Å². The fourth-order valence-electron chi connectivity index (χ4n) is 2.51. The van der Waals surface area contributed by atoms with Gasteiger partial charge in [-0.3, -0.25) is 0 Å². The number of nitrogens with two attached hydrogens (primary N) is 1. The molecule has 3 heteroatoms. The first-order valence-corrected chi connectivity index (χ1v) is 7.00. The summed E-state index contributed by atoms with van der Waals surface area (Å²) >= 11 is 3.50. The van der Waals surface area contributed by atoms with Crippen molar-refractivity contribution in [3.63, 3.8) is 0 Å². The number of ether oxygens (including phenoxy) is 1. The van der Waals surface area contributed by atoms with Crippen molar-refractivity contribution in [1.29, 1.82) is 0 Å². The highest BCUT2D eigenvalue weighted by Crippen LogP contribution is 2.31. The van der Waals surface area contributed by atoms with E-state index >= 15 is 0 Å². The summed E-state index contributed by atoms with van der Waals surface area (Å²) in [5.74, 6) is 0.692. The first kappa shape index (κ1) is 13.1. The summed E-state index contributed by atoms with van der Waals surface area (Å²) in [5, 5.41) is 0. The summed E-state index contributed by atoms with van der Waals surface area (Å²) in [6.07, 6.45) is 3.31. The van der Waals surface area contributed by atoms with Gasteiger partial charge in [-0.15, -0.1) is 0 Å². The molecule has 1 unspecified atom stereocenters. The summed E-state index contributed by atoms with van der Waals surface area (Å²) in [7, 11) is 0. The Kier molecular flexibility index (Phi) is 4.23. The lowest BCUT2D eigenvalue weighted by Gasteiger charge is -2.32. The number of hydrogen-bond donors (Lipinski definition) is 1. The van der Waals surface area contributed by atoms with E-state index in [2.05, 4.69) is 41.1 Å². The Hall–Kier alpha value is -0.380. The monoisotopic (exact) mass is 297 g/mol. The average Bonchev–Trinajstić information content (AvgIpc) is 2.30. The molecular formula is C14H20BrNO. The van der Waals surface area contributed by atoms with Crippen molar-refractivity contribution in [3.05, 3.63) is 34.3 Å². The third-order valence-electron chi connectivity index (χ3n) is 3.54. The van der Waals surface area contributed by atoms with Crippen LogP contribution in [0.5, 0.6) is 0 Å². The molecule has 94 valence electrons. The van der Waals surface area contributed by atoms with E-state index in [9.17, 15) is 0 Å². The topological polar surface area (TPSA) is 35.2 Å². The predicted octanol–water partition coefficient (Wildman–Crippen LogP) is 3.44. The highest BCUT2D eigenvalue weighted by molar-refractivity contribution is 9.10. The van der Waals surface area contributed by atoms with Crippen LogP contribution < -0.4 is 5.73 Å². The molecule has 0 bridgehead atoms. The molecule has 1 fully saturated rings. The van der Waals surface area contributed by atoms with Gasteiger partial charge in [-0.25, -0.2) is 0 Å². The highest BCUT2D eigenvalue weighted by Gasteiger charge is 2.27. The molecule has 1 aromatic rings. The van der Waals surface area contributed by atoms with E-state index in [1.54, 1.807) is 0 Å². The minimum absolute atomic E-state index is 0.244. The fraction of sp³-hybridized carbons (Fsp3) is 0.571. The summed E-state index contributed by atoms with van der Waals surface area (Å²) in [4.78, 5) is 0. The minimum Gasteiger partial charge on any atom is -0.381 e. The lowest BCUT2D eigenvalue weighted by atomic mass is 9.81. The van der Waals surface area contributed by atoms with Gasteiger partial charge in [0.2, 0.25) is 0 Å². The molecule has 2 N–H and O–H groups in total.